The minimum Gasteiger partial charge on any atom is -0.508 e. The highest BCUT2D eigenvalue weighted by Gasteiger charge is 2.23. The number of hydrogen-bond acceptors (Lipinski definition) is 4. The molecule has 18 heavy (non-hydrogen) atoms. The molecule has 1 aromatic carbocycles. The molecule has 0 spiro atoms. The Balaban J connectivity index is 2.36. The van der Waals surface area contributed by atoms with Gasteiger partial charge in [0.2, 0.25) is 5.91 Å². The van der Waals surface area contributed by atoms with Gasteiger partial charge in [-0.05, 0) is 25.1 Å². The number of Topliss-reactive ketones (excluding diaryl/α,β-unsaturated/α-hetero) is 1. The molecule has 1 heterocycles. The van der Waals surface area contributed by atoms with Gasteiger partial charge in [-0.1, -0.05) is 6.92 Å². The number of carbonyl (C=O) groups excluding carboxylic acids is 2. The molecule has 0 aromatic heterocycles. The number of amides is 1. The van der Waals surface area contributed by atoms with Crippen LogP contribution >= 0.6 is 0 Å². The van der Waals surface area contributed by atoms with Crippen LogP contribution in [0.1, 0.15) is 29.3 Å². The zero-order chi connectivity index (χ0) is 13.1. The molecule has 1 amide bonds. The SMILES string of the molecule is CCNCC(=O)c1ccc(O)c2c1NC(=O)CC2. The third-order valence-electron chi connectivity index (χ3n) is 2.99. The van der Waals surface area contributed by atoms with E-state index in [9.17, 15) is 14.7 Å². The Morgan fingerprint density at radius 1 is 1.44 bits per heavy atom. The van der Waals surface area contributed by atoms with Crippen LogP contribution in [-0.2, 0) is 11.2 Å². The van der Waals surface area contributed by atoms with Gasteiger partial charge in [-0.15, -0.1) is 0 Å². The van der Waals surface area contributed by atoms with E-state index >= 15 is 0 Å². The maximum atomic E-state index is 12.0. The van der Waals surface area contributed by atoms with Crippen LogP contribution in [0.3, 0.4) is 0 Å². The van der Waals surface area contributed by atoms with Crippen LogP contribution in [-0.4, -0.2) is 29.9 Å². The molecule has 2 rings (SSSR count). The van der Waals surface area contributed by atoms with Crippen molar-refractivity contribution in [3.8, 4) is 5.75 Å². The van der Waals surface area contributed by atoms with E-state index in [4.69, 9.17) is 0 Å². The van der Waals surface area contributed by atoms with Gasteiger partial charge in [0, 0.05) is 17.5 Å². The van der Waals surface area contributed by atoms with Crippen molar-refractivity contribution >= 4 is 17.4 Å². The predicted octanol–water partition coefficient (Wildman–Crippen LogP) is 1.07. The number of aromatic hydroxyl groups is 1. The van der Waals surface area contributed by atoms with Crippen LogP contribution in [0.15, 0.2) is 12.1 Å². The largest absolute Gasteiger partial charge is 0.508 e. The van der Waals surface area contributed by atoms with Crippen LogP contribution in [0, 0.1) is 0 Å². The first-order valence-corrected chi connectivity index (χ1v) is 6.02. The summed E-state index contributed by atoms with van der Waals surface area (Å²) in [6.07, 6.45) is 0.806. The van der Waals surface area contributed by atoms with Gasteiger partial charge in [0.1, 0.15) is 5.75 Å². The first-order valence-electron chi connectivity index (χ1n) is 6.02. The number of phenols is 1. The maximum absolute atomic E-state index is 12.0. The quantitative estimate of drug-likeness (QED) is 0.696. The van der Waals surface area contributed by atoms with Crippen LogP contribution in [0.25, 0.3) is 0 Å². The molecule has 96 valence electrons. The Labute approximate surface area is 105 Å². The van der Waals surface area contributed by atoms with Crippen LogP contribution in [0.4, 0.5) is 5.69 Å². The molecule has 5 heteroatoms. The molecule has 0 bridgehead atoms. The summed E-state index contributed by atoms with van der Waals surface area (Å²) in [5.41, 5.74) is 1.57. The van der Waals surface area contributed by atoms with Gasteiger partial charge in [0.05, 0.1) is 12.2 Å². The smallest absolute Gasteiger partial charge is 0.224 e. The highest BCUT2D eigenvalue weighted by molar-refractivity contribution is 6.08. The summed E-state index contributed by atoms with van der Waals surface area (Å²) in [4.78, 5) is 23.4. The molecule has 0 saturated heterocycles. The lowest BCUT2D eigenvalue weighted by atomic mass is 9.96. The Kier molecular flexibility index (Phi) is 3.62. The molecule has 5 nitrogen and oxygen atoms in total. The number of phenolic OH excluding ortho intramolecular Hbond substituents is 1. The monoisotopic (exact) mass is 248 g/mol. The fraction of sp³-hybridized carbons (Fsp3) is 0.385. The van der Waals surface area contributed by atoms with E-state index in [1.807, 2.05) is 6.92 Å². The topological polar surface area (TPSA) is 78.4 Å². The van der Waals surface area contributed by atoms with Gasteiger partial charge in [-0.25, -0.2) is 0 Å². The zero-order valence-electron chi connectivity index (χ0n) is 10.2. The normalized spacial score (nSPS) is 13.9. The lowest BCUT2D eigenvalue weighted by molar-refractivity contribution is -0.116. The van der Waals surface area contributed by atoms with Gasteiger partial charge >= 0.3 is 0 Å². The summed E-state index contributed by atoms with van der Waals surface area (Å²) in [5, 5.41) is 15.4. The van der Waals surface area contributed by atoms with Crippen molar-refractivity contribution in [3.05, 3.63) is 23.3 Å². The molecular formula is C13H16N2O3. The van der Waals surface area contributed by atoms with Gasteiger partial charge < -0.3 is 15.7 Å². The molecule has 0 atom stereocenters. The average Bonchev–Trinajstić information content (AvgIpc) is 2.36. The third kappa shape index (κ3) is 2.36. The molecule has 0 radical (unpaired) electrons. The van der Waals surface area contributed by atoms with Gasteiger partial charge in [0.25, 0.3) is 0 Å². The van der Waals surface area contributed by atoms with Crippen molar-refractivity contribution in [1.82, 2.24) is 5.32 Å². The maximum Gasteiger partial charge on any atom is 0.224 e. The molecule has 1 aliphatic rings. The van der Waals surface area contributed by atoms with Crippen LogP contribution in [0.5, 0.6) is 5.75 Å². The fourth-order valence-electron chi connectivity index (χ4n) is 2.04. The number of ketones is 1. The van der Waals surface area contributed by atoms with Crippen LogP contribution in [0.2, 0.25) is 0 Å². The average molecular weight is 248 g/mol. The number of fused-ring (bicyclic) bond motifs is 1. The standard InChI is InChI=1S/C13H16N2O3/c1-2-14-7-11(17)9-3-5-10(16)8-4-6-12(18)15-13(8)9/h3,5,14,16H,2,4,6-7H2,1H3,(H,15,18). The van der Waals surface area contributed by atoms with Crippen molar-refractivity contribution in [2.75, 3.05) is 18.4 Å². The minimum atomic E-state index is -0.120. The highest BCUT2D eigenvalue weighted by Crippen LogP contribution is 2.33. The molecule has 0 saturated carbocycles. The number of anilines is 1. The van der Waals surface area contributed by atoms with Gasteiger partial charge in [-0.3, -0.25) is 9.59 Å². The van der Waals surface area contributed by atoms with E-state index < -0.39 is 0 Å². The summed E-state index contributed by atoms with van der Waals surface area (Å²) in [6.45, 7) is 2.85. The third-order valence-corrected chi connectivity index (χ3v) is 2.99. The lowest BCUT2D eigenvalue weighted by Gasteiger charge is -2.20. The Morgan fingerprint density at radius 3 is 2.94 bits per heavy atom. The summed E-state index contributed by atoms with van der Waals surface area (Å²) < 4.78 is 0. The van der Waals surface area contributed by atoms with Crippen molar-refractivity contribution in [2.45, 2.75) is 19.8 Å². The number of likely N-dealkylation sites (N-methyl/N-ethyl adjacent to an activating group) is 1. The Morgan fingerprint density at radius 2 is 2.22 bits per heavy atom. The first kappa shape index (κ1) is 12.6. The molecule has 0 fully saturated rings. The van der Waals surface area contributed by atoms with Crippen molar-refractivity contribution in [1.29, 1.82) is 0 Å². The molecular weight excluding hydrogens is 232 g/mol. The number of benzene rings is 1. The summed E-state index contributed by atoms with van der Waals surface area (Å²) >= 11 is 0. The van der Waals surface area contributed by atoms with Crippen molar-refractivity contribution < 1.29 is 14.7 Å². The molecule has 1 aromatic rings. The summed E-state index contributed by atoms with van der Waals surface area (Å²) in [6, 6.07) is 3.06. The highest BCUT2D eigenvalue weighted by atomic mass is 16.3. The van der Waals surface area contributed by atoms with Crippen molar-refractivity contribution in [2.24, 2.45) is 0 Å². The summed E-state index contributed by atoms with van der Waals surface area (Å²) in [7, 11) is 0. The van der Waals surface area contributed by atoms with E-state index in [1.165, 1.54) is 6.07 Å². The van der Waals surface area contributed by atoms with Crippen LogP contribution < -0.4 is 10.6 Å². The lowest BCUT2D eigenvalue weighted by Crippen LogP contribution is -2.26. The first-order chi connectivity index (χ1) is 8.63. The molecule has 1 aliphatic heterocycles. The summed E-state index contributed by atoms with van der Waals surface area (Å²) in [5.74, 6) is -0.0779. The molecule has 0 aliphatic carbocycles. The number of rotatable bonds is 4. The minimum absolute atomic E-state index is 0.0877. The van der Waals surface area contributed by atoms with E-state index in [1.54, 1.807) is 6.07 Å². The number of nitrogens with one attached hydrogen (secondary N) is 2. The Hall–Kier alpha value is -1.88. The molecule has 0 unspecified atom stereocenters. The number of carbonyl (C=O) groups is 2. The van der Waals surface area contributed by atoms with Crippen molar-refractivity contribution in [3.63, 3.8) is 0 Å². The van der Waals surface area contributed by atoms with E-state index in [0.29, 0.717) is 36.2 Å². The molecule has 3 N–H and O–H groups in total. The predicted molar refractivity (Wildman–Crippen MR) is 67.9 cm³/mol. The second-order valence-electron chi connectivity index (χ2n) is 4.24. The fourth-order valence-corrected chi connectivity index (χ4v) is 2.04. The second-order valence-corrected chi connectivity index (χ2v) is 4.24. The number of hydrogen-bond donors (Lipinski definition) is 3. The Bertz CT molecular complexity index is 497. The van der Waals surface area contributed by atoms with E-state index in [0.717, 1.165) is 0 Å². The van der Waals surface area contributed by atoms with E-state index in [-0.39, 0.29) is 24.0 Å². The van der Waals surface area contributed by atoms with Gasteiger partial charge in [-0.2, -0.15) is 0 Å². The second kappa shape index (κ2) is 5.18. The van der Waals surface area contributed by atoms with Gasteiger partial charge in [0.15, 0.2) is 5.78 Å². The van der Waals surface area contributed by atoms with E-state index in [2.05, 4.69) is 10.6 Å². The zero-order valence-corrected chi connectivity index (χ0v) is 10.2.